The highest BCUT2D eigenvalue weighted by molar-refractivity contribution is 5.74. The van der Waals surface area contributed by atoms with Gasteiger partial charge in [0, 0.05) is 0 Å². The first-order valence-corrected chi connectivity index (χ1v) is 5.41. The molecule has 2 aliphatic rings. The van der Waals surface area contributed by atoms with Crippen molar-refractivity contribution >= 4 is 5.97 Å². The smallest absolute Gasteiger partial charge is 0.309 e. The molecular weight excluding hydrogens is 178 g/mol. The van der Waals surface area contributed by atoms with Gasteiger partial charge < -0.3 is 10.1 Å². The van der Waals surface area contributed by atoms with Crippen molar-refractivity contribution in [2.24, 2.45) is 17.8 Å². The Labute approximate surface area is 85.2 Å². The molecule has 2 fully saturated rings. The van der Waals surface area contributed by atoms with Crippen LogP contribution in [0.25, 0.3) is 0 Å². The standard InChI is InChI=1S/C11H19NO2/c1-11(2,3)14-10(13)8-4-7-5-12-6-9(7)8/h7-9,12H,4-6H2,1-3H3. The molecule has 0 aromatic carbocycles. The van der Waals surface area contributed by atoms with Crippen molar-refractivity contribution in [3.05, 3.63) is 0 Å². The average molecular weight is 197 g/mol. The van der Waals surface area contributed by atoms with Crippen LogP contribution in [0.1, 0.15) is 27.2 Å². The number of rotatable bonds is 1. The molecule has 3 atom stereocenters. The van der Waals surface area contributed by atoms with Crippen LogP contribution < -0.4 is 5.32 Å². The number of nitrogens with one attached hydrogen (secondary N) is 1. The minimum absolute atomic E-state index is 0.00227. The number of ether oxygens (including phenoxy) is 1. The molecule has 3 heteroatoms. The minimum Gasteiger partial charge on any atom is -0.460 e. The fraction of sp³-hybridized carbons (Fsp3) is 0.909. The van der Waals surface area contributed by atoms with E-state index in [1.165, 1.54) is 0 Å². The maximum Gasteiger partial charge on any atom is 0.309 e. The number of hydrogen-bond acceptors (Lipinski definition) is 3. The summed E-state index contributed by atoms with van der Waals surface area (Å²) in [6, 6.07) is 0. The van der Waals surface area contributed by atoms with Gasteiger partial charge in [0.05, 0.1) is 5.92 Å². The summed E-state index contributed by atoms with van der Waals surface area (Å²) in [6.45, 7) is 7.86. The van der Waals surface area contributed by atoms with Crippen LogP contribution in [0.5, 0.6) is 0 Å². The summed E-state index contributed by atoms with van der Waals surface area (Å²) in [4.78, 5) is 11.7. The molecule has 0 aromatic heterocycles. The Morgan fingerprint density at radius 1 is 1.36 bits per heavy atom. The summed E-state index contributed by atoms with van der Waals surface area (Å²) < 4.78 is 5.38. The van der Waals surface area contributed by atoms with E-state index in [1.807, 2.05) is 20.8 Å². The van der Waals surface area contributed by atoms with E-state index in [4.69, 9.17) is 4.74 Å². The first-order chi connectivity index (χ1) is 6.47. The summed E-state index contributed by atoms with van der Waals surface area (Å²) in [7, 11) is 0. The first-order valence-electron chi connectivity index (χ1n) is 5.41. The van der Waals surface area contributed by atoms with E-state index in [0.29, 0.717) is 5.92 Å². The van der Waals surface area contributed by atoms with Crippen LogP contribution in [0.15, 0.2) is 0 Å². The maximum atomic E-state index is 11.7. The third-order valence-electron chi connectivity index (χ3n) is 3.18. The van der Waals surface area contributed by atoms with Crippen molar-refractivity contribution in [3.63, 3.8) is 0 Å². The second-order valence-corrected chi connectivity index (χ2v) is 5.46. The molecule has 1 saturated carbocycles. The van der Waals surface area contributed by atoms with Gasteiger partial charge in [0.2, 0.25) is 0 Å². The Morgan fingerprint density at radius 2 is 2.07 bits per heavy atom. The van der Waals surface area contributed by atoms with E-state index in [-0.39, 0.29) is 17.5 Å². The maximum absolute atomic E-state index is 11.7. The molecule has 0 amide bonds. The molecule has 0 spiro atoms. The van der Waals surface area contributed by atoms with E-state index in [1.54, 1.807) is 0 Å². The van der Waals surface area contributed by atoms with Crippen LogP contribution in [-0.4, -0.2) is 24.7 Å². The molecule has 3 unspecified atom stereocenters. The van der Waals surface area contributed by atoms with Crippen LogP contribution in [-0.2, 0) is 9.53 Å². The molecule has 3 nitrogen and oxygen atoms in total. The highest BCUT2D eigenvalue weighted by Crippen LogP contribution is 2.43. The van der Waals surface area contributed by atoms with Crippen LogP contribution >= 0.6 is 0 Å². The third-order valence-corrected chi connectivity index (χ3v) is 3.18. The van der Waals surface area contributed by atoms with Crippen molar-refractivity contribution in [1.82, 2.24) is 5.32 Å². The summed E-state index contributed by atoms with van der Waals surface area (Å²) in [6.07, 6.45) is 1.02. The molecule has 80 valence electrons. The Balaban J connectivity index is 1.88. The lowest BCUT2D eigenvalue weighted by atomic mass is 9.67. The third kappa shape index (κ3) is 1.78. The van der Waals surface area contributed by atoms with Crippen molar-refractivity contribution in [1.29, 1.82) is 0 Å². The highest BCUT2D eigenvalue weighted by atomic mass is 16.6. The van der Waals surface area contributed by atoms with Gasteiger partial charge in [0.25, 0.3) is 0 Å². The van der Waals surface area contributed by atoms with Crippen molar-refractivity contribution in [2.45, 2.75) is 32.8 Å². The van der Waals surface area contributed by atoms with E-state index in [0.717, 1.165) is 25.4 Å². The van der Waals surface area contributed by atoms with Gasteiger partial charge in [0.15, 0.2) is 0 Å². The molecule has 0 aromatic rings. The zero-order valence-electron chi connectivity index (χ0n) is 9.17. The lowest BCUT2D eigenvalue weighted by Crippen LogP contribution is -2.43. The van der Waals surface area contributed by atoms with Gasteiger partial charge in [-0.3, -0.25) is 4.79 Å². The topological polar surface area (TPSA) is 38.3 Å². The summed E-state index contributed by atoms with van der Waals surface area (Å²) >= 11 is 0. The number of carbonyl (C=O) groups is 1. The average Bonchev–Trinajstić information content (AvgIpc) is 2.28. The van der Waals surface area contributed by atoms with E-state index >= 15 is 0 Å². The van der Waals surface area contributed by atoms with Crippen LogP contribution in [0.3, 0.4) is 0 Å². The van der Waals surface area contributed by atoms with Crippen molar-refractivity contribution < 1.29 is 9.53 Å². The second kappa shape index (κ2) is 3.23. The van der Waals surface area contributed by atoms with Gasteiger partial charge in [-0.1, -0.05) is 0 Å². The number of fused-ring (bicyclic) bond motifs is 1. The molecule has 1 aliphatic carbocycles. The van der Waals surface area contributed by atoms with Gasteiger partial charge in [0.1, 0.15) is 5.60 Å². The largest absolute Gasteiger partial charge is 0.460 e. The summed E-state index contributed by atoms with van der Waals surface area (Å²) in [5, 5.41) is 3.32. The van der Waals surface area contributed by atoms with Gasteiger partial charge in [-0.15, -0.1) is 0 Å². The second-order valence-electron chi connectivity index (χ2n) is 5.46. The fourth-order valence-electron chi connectivity index (χ4n) is 2.44. The lowest BCUT2D eigenvalue weighted by Gasteiger charge is -2.39. The monoisotopic (exact) mass is 197 g/mol. The predicted molar refractivity (Wildman–Crippen MR) is 53.8 cm³/mol. The van der Waals surface area contributed by atoms with E-state index in [9.17, 15) is 4.79 Å². The van der Waals surface area contributed by atoms with Crippen LogP contribution in [0.2, 0.25) is 0 Å². The zero-order chi connectivity index (χ0) is 10.3. The van der Waals surface area contributed by atoms with E-state index < -0.39 is 0 Å². The Hall–Kier alpha value is -0.570. The molecule has 1 saturated heterocycles. The molecule has 1 N–H and O–H groups in total. The van der Waals surface area contributed by atoms with Crippen molar-refractivity contribution in [3.8, 4) is 0 Å². The fourth-order valence-corrected chi connectivity index (χ4v) is 2.44. The van der Waals surface area contributed by atoms with Gasteiger partial charge >= 0.3 is 5.97 Å². The predicted octanol–water partition coefficient (Wildman–Crippen LogP) is 1.18. The number of esters is 1. The van der Waals surface area contributed by atoms with Gasteiger partial charge in [-0.05, 0) is 52.1 Å². The van der Waals surface area contributed by atoms with Gasteiger partial charge in [-0.25, -0.2) is 0 Å². The molecule has 1 heterocycles. The lowest BCUT2D eigenvalue weighted by molar-refractivity contribution is -0.167. The van der Waals surface area contributed by atoms with E-state index in [2.05, 4.69) is 5.32 Å². The van der Waals surface area contributed by atoms with Crippen LogP contribution in [0.4, 0.5) is 0 Å². The van der Waals surface area contributed by atoms with Crippen molar-refractivity contribution in [2.75, 3.05) is 13.1 Å². The molecule has 0 radical (unpaired) electrons. The number of carbonyl (C=O) groups excluding carboxylic acids is 1. The quantitative estimate of drug-likeness (QED) is 0.642. The number of hydrogen-bond donors (Lipinski definition) is 1. The zero-order valence-corrected chi connectivity index (χ0v) is 9.17. The summed E-state index contributed by atoms with van der Waals surface area (Å²) in [5.41, 5.74) is -0.339. The summed E-state index contributed by atoms with van der Waals surface area (Å²) in [5.74, 6) is 1.44. The van der Waals surface area contributed by atoms with Gasteiger partial charge in [-0.2, -0.15) is 0 Å². The normalized spacial score (nSPS) is 36.1. The molecular formula is C11H19NO2. The Bertz CT molecular complexity index is 244. The SMILES string of the molecule is CC(C)(C)OC(=O)C1CC2CNCC21. The molecule has 2 rings (SSSR count). The molecule has 1 aliphatic heterocycles. The molecule has 0 bridgehead atoms. The van der Waals surface area contributed by atoms with Crippen LogP contribution in [0, 0.1) is 17.8 Å². The molecule has 14 heavy (non-hydrogen) atoms. The Kier molecular flexibility index (Phi) is 2.30. The minimum atomic E-state index is -0.339. The Morgan fingerprint density at radius 3 is 2.64 bits per heavy atom. The highest BCUT2D eigenvalue weighted by Gasteiger charge is 2.48. The first kappa shape index (κ1) is 9.97.